The molecule has 1 aliphatic heterocycles. The highest BCUT2D eigenvalue weighted by molar-refractivity contribution is 7.88. The average molecular weight is 556 g/mol. The Morgan fingerprint density at radius 2 is 1.82 bits per heavy atom. The van der Waals surface area contributed by atoms with Gasteiger partial charge < -0.3 is 9.64 Å². The van der Waals surface area contributed by atoms with Crippen LogP contribution in [0, 0.1) is 30.5 Å². The zero-order valence-electron chi connectivity index (χ0n) is 22.5. The number of ketones is 1. The molecule has 0 saturated carbocycles. The fourth-order valence-corrected chi connectivity index (χ4v) is 5.85. The molecule has 9 heteroatoms. The van der Waals surface area contributed by atoms with Gasteiger partial charge in [0.05, 0.1) is 13.4 Å². The number of likely N-dealkylation sites (tertiary alicyclic amines) is 1. The van der Waals surface area contributed by atoms with Crippen LogP contribution in [0.25, 0.3) is 0 Å². The smallest absolute Gasteiger partial charge is 0.210 e. The minimum Gasteiger partial charge on any atom is -0.497 e. The van der Waals surface area contributed by atoms with Crippen LogP contribution in [-0.4, -0.2) is 70.0 Å². The summed E-state index contributed by atoms with van der Waals surface area (Å²) in [6, 6.07) is 19.1. The van der Waals surface area contributed by atoms with Crippen LogP contribution in [0.5, 0.6) is 5.75 Å². The van der Waals surface area contributed by atoms with E-state index in [1.165, 1.54) is 30.6 Å². The van der Waals surface area contributed by atoms with Gasteiger partial charge in [-0.25, -0.2) is 21.5 Å². The van der Waals surface area contributed by atoms with Crippen molar-refractivity contribution in [2.75, 3.05) is 46.6 Å². The minimum atomic E-state index is -3.40. The average Bonchev–Trinajstić information content (AvgIpc) is 2.92. The maximum atomic E-state index is 15.3. The number of ether oxygens (including phenoxy) is 1. The number of likely N-dealkylation sites (N-methyl/N-ethyl adjacent to an activating group) is 1. The third-order valence-electron chi connectivity index (χ3n) is 7.67. The highest BCUT2D eigenvalue weighted by atomic mass is 32.2. The number of sulfonamides is 1. The number of carbonyl (C=O) groups is 1. The van der Waals surface area contributed by atoms with Crippen molar-refractivity contribution in [3.05, 3.63) is 101 Å². The van der Waals surface area contributed by atoms with E-state index in [2.05, 4.69) is 6.07 Å². The van der Waals surface area contributed by atoms with E-state index in [0.717, 1.165) is 6.26 Å². The van der Waals surface area contributed by atoms with Crippen molar-refractivity contribution in [1.29, 1.82) is 0 Å². The van der Waals surface area contributed by atoms with E-state index < -0.39 is 39.4 Å². The van der Waals surface area contributed by atoms with Gasteiger partial charge in [0.15, 0.2) is 5.78 Å². The summed E-state index contributed by atoms with van der Waals surface area (Å²) < 4.78 is 60.7. The lowest BCUT2D eigenvalue weighted by molar-refractivity contribution is 0.0730. The Morgan fingerprint density at radius 1 is 1.10 bits per heavy atom. The van der Waals surface area contributed by atoms with Crippen LogP contribution in [0.15, 0.2) is 60.7 Å². The molecular formula is C30H33F2N2O4S. The maximum absolute atomic E-state index is 15.3. The Kier molecular flexibility index (Phi) is 8.83. The number of halogens is 2. The van der Waals surface area contributed by atoms with E-state index in [-0.39, 0.29) is 12.3 Å². The van der Waals surface area contributed by atoms with E-state index in [1.807, 2.05) is 4.90 Å². The molecule has 1 saturated heterocycles. The van der Waals surface area contributed by atoms with Crippen LogP contribution >= 0.6 is 0 Å². The van der Waals surface area contributed by atoms with Crippen molar-refractivity contribution in [2.24, 2.45) is 5.92 Å². The van der Waals surface area contributed by atoms with E-state index in [0.29, 0.717) is 47.6 Å². The number of hydrogen-bond acceptors (Lipinski definition) is 5. The molecule has 1 heterocycles. The molecule has 0 aromatic heterocycles. The molecule has 39 heavy (non-hydrogen) atoms. The molecule has 1 radical (unpaired) electrons. The number of rotatable bonds is 9. The van der Waals surface area contributed by atoms with Crippen LogP contribution in [0.4, 0.5) is 8.78 Å². The number of nitrogens with zero attached hydrogens (tertiary/aromatic N) is 2. The van der Waals surface area contributed by atoms with Crippen molar-refractivity contribution >= 4 is 15.8 Å². The summed E-state index contributed by atoms with van der Waals surface area (Å²) in [7, 11) is -0.380. The van der Waals surface area contributed by atoms with Gasteiger partial charge in [0, 0.05) is 62.6 Å². The summed E-state index contributed by atoms with van der Waals surface area (Å²) in [6.07, 6.45) is 1.14. The Labute approximate surface area is 229 Å². The Hall–Kier alpha value is -3.14. The molecule has 207 valence electrons. The maximum Gasteiger partial charge on any atom is 0.210 e. The second-order valence-electron chi connectivity index (χ2n) is 10.1. The summed E-state index contributed by atoms with van der Waals surface area (Å²) in [6.45, 7) is 2.88. The number of methoxy groups -OCH3 is 1. The molecule has 1 fully saturated rings. The fourth-order valence-electron chi connectivity index (χ4n) is 5.43. The first-order chi connectivity index (χ1) is 18.5. The number of carbonyl (C=O) groups excluding carboxylic acids is 1. The fraction of sp³-hybridized carbons (Fsp3) is 0.367. The lowest BCUT2D eigenvalue weighted by atomic mass is 9.67. The molecule has 0 amide bonds. The number of Topliss-reactive ketones (excluding diaryl/α,β-unsaturated/α-hetero) is 1. The monoisotopic (exact) mass is 555 g/mol. The van der Waals surface area contributed by atoms with Crippen molar-refractivity contribution in [1.82, 2.24) is 9.21 Å². The van der Waals surface area contributed by atoms with Gasteiger partial charge >= 0.3 is 0 Å². The summed E-state index contributed by atoms with van der Waals surface area (Å²) >= 11 is 0. The predicted octanol–water partition coefficient (Wildman–Crippen LogP) is 4.66. The van der Waals surface area contributed by atoms with E-state index in [1.54, 1.807) is 55.5 Å². The normalized spacial score (nSPS) is 20.2. The second kappa shape index (κ2) is 11.9. The number of hydrogen-bond donors (Lipinski definition) is 0. The van der Waals surface area contributed by atoms with Gasteiger partial charge in [-0.05, 0) is 41.8 Å². The van der Waals surface area contributed by atoms with E-state index in [4.69, 9.17) is 4.74 Å². The van der Waals surface area contributed by atoms with E-state index in [9.17, 15) is 17.6 Å². The molecule has 4 rings (SSSR count). The van der Waals surface area contributed by atoms with Gasteiger partial charge in [-0.15, -0.1) is 0 Å². The molecule has 0 aliphatic carbocycles. The van der Waals surface area contributed by atoms with Crippen molar-refractivity contribution in [3.8, 4) is 5.75 Å². The highest BCUT2D eigenvalue weighted by Crippen LogP contribution is 2.46. The zero-order valence-corrected chi connectivity index (χ0v) is 23.3. The minimum absolute atomic E-state index is 0.172. The van der Waals surface area contributed by atoms with Gasteiger partial charge in [-0.2, -0.15) is 0 Å². The summed E-state index contributed by atoms with van der Waals surface area (Å²) in [4.78, 5) is 16.2. The van der Waals surface area contributed by atoms with Crippen molar-refractivity contribution < 1.29 is 26.7 Å². The first-order valence-electron chi connectivity index (χ1n) is 12.7. The third kappa shape index (κ3) is 6.37. The van der Waals surface area contributed by atoms with Gasteiger partial charge in [0.25, 0.3) is 0 Å². The third-order valence-corrected chi connectivity index (χ3v) is 8.98. The van der Waals surface area contributed by atoms with Gasteiger partial charge in [0.2, 0.25) is 10.0 Å². The van der Waals surface area contributed by atoms with Gasteiger partial charge in [0.1, 0.15) is 17.4 Å². The topological polar surface area (TPSA) is 66.9 Å². The van der Waals surface area contributed by atoms with Crippen LogP contribution in [0.2, 0.25) is 0 Å². The predicted molar refractivity (Wildman–Crippen MR) is 147 cm³/mol. The van der Waals surface area contributed by atoms with Crippen LogP contribution in [-0.2, 0) is 10.0 Å². The van der Waals surface area contributed by atoms with Gasteiger partial charge in [-0.1, -0.05) is 42.5 Å². The first-order valence-corrected chi connectivity index (χ1v) is 14.6. The van der Waals surface area contributed by atoms with Crippen molar-refractivity contribution in [2.45, 2.75) is 18.8 Å². The quantitative estimate of drug-likeness (QED) is 0.360. The molecule has 3 aromatic carbocycles. The molecule has 0 spiro atoms. The van der Waals surface area contributed by atoms with Crippen LogP contribution in [0.3, 0.4) is 0 Å². The van der Waals surface area contributed by atoms with Crippen molar-refractivity contribution in [3.63, 3.8) is 0 Å². The number of benzene rings is 3. The van der Waals surface area contributed by atoms with Crippen LogP contribution in [0.1, 0.15) is 38.9 Å². The first kappa shape index (κ1) is 28.9. The summed E-state index contributed by atoms with van der Waals surface area (Å²) in [5.74, 6) is -2.27. The standard InChI is InChI=1S/C30H33F2N2O4S/c1-20-23(12-8-14-27(20)31)29-25(24-11-5-6-13-28(24)32)18-34(16-15-33(2)39(4,36)37)19-26(29)30(35)21-9-7-10-22(17-21)38-3/h5-12,14,17,25-26,29H,15-16,18-19H2,1-4H3/t25-,26+,29-/m1/s1. The second-order valence-corrected chi connectivity index (χ2v) is 12.2. The molecule has 3 atom stereocenters. The molecular weight excluding hydrogens is 522 g/mol. The molecule has 0 unspecified atom stereocenters. The Morgan fingerprint density at radius 3 is 2.51 bits per heavy atom. The largest absolute Gasteiger partial charge is 0.497 e. The number of piperidine rings is 1. The molecule has 0 N–H and O–H groups in total. The lowest BCUT2D eigenvalue weighted by Gasteiger charge is -2.44. The molecule has 1 aliphatic rings. The SMILES string of the molecule is COc1cccc(C(=O)[C@H]2CN(CCN(C)S(C)(=O)=O)C[C@H](c3ccc[c]c3F)[C@H]2c2cccc(F)c2C)c1. The summed E-state index contributed by atoms with van der Waals surface area (Å²) in [5, 5.41) is 0. The molecule has 3 aromatic rings. The molecule has 6 nitrogen and oxygen atoms in total. The highest BCUT2D eigenvalue weighted by Gasteiger charge is 2.44. The summed E-state index contributed by atoms with van der Waals surface area (Å²) in [5.41, 5.74) is 1.89. The Balaban J connectivity index is 1.84. The van der Waals surface area contributed by atoms with Gasteiger partial charge in [-0.3, -0.25) is 4.79 Å². The lowest BCUT2D eigenvalue weighted by Crippen LogP contribution is -2.49. The van der Waals surface area contributed by atoms with E-state index >= 15 is 4.39 Å². The molecule has 0 bridgehead atoms. The zero-order chi connectivity index (χ0) is 28.3. The Bertz CT molecular complexity index is 1450. The van der Waals surface area contributed by atoms with Crippen LogP contribution < -0.4 is 4.74 Å².